The third-order valence-corrected chi connectivity index (χ3v) is 4.86. The predicted octanol–water partition coefficient (Wildman–Crippen LogP) is 1.48. The van der Waals surface area contributed by atoms with Gasteiger partial charge in [-0.1, -0.05) is 12.1 Å². The van der Waals surface area contributed by atoms with Gasteiger partial charge in [-0.3, -0.25) is 9.59 Å². The number of hydrogen-bond donors (Lipinski definition) is 1. The first-order valence-corrected chi connectivity index (χ1v) is 8.66. The molecule has 6 nitrogen and oxygen atoms in total. The van der Waals surface area contributed by atoms with Crippen LogP contribution in [0.5, 0.6) is 5.75 Å². The van der Waals surface area contributed by atoms with Crippen molar-refractivity contribution in [2.75, 3.05) is 32.8 Å². The minimum absolute atomic E-state index is 0.00396. The maximum absolute atomic E-state index is 12.6. The maximum Gasteiger partial charge on any atom is 0.270 e. The average Bonchev–Trinajstić information content (AvgIpc) is 3.32. The number of ether oxygens (including phenoxy) is 1. The van der Waals surface area contributed by atoms with Crippen LogP contribution in [0.4, 0.5) is 0 Å². The lowest BCUT2D eigenvalue weighted by Crippen LogP contribution is -2.51. The number of nitrogens with one attached hydrogen (secondary N) is 1. The second-order valence-electron chi connectivity index (χ2n) is 6.47. The van der Waals surface area contributed by atoms with Crippen LogP contribution < -0.4 is 4.74 Å². The molecule has 1 fully saturated rings. The van der Waals surface area contributed by atoms with Crippen molar-refractivity contribution in [3.8, 4) is 5.75 Å². The van der Waals surface area contributed by atoms with Crippen molar-refractivity contribution >= 4 is 11.8 Å². The highest BCUT2D eigenvalue weighted by Gasteiger charge is 2.25. The monoisotopic (exact) mass is 339 g/mol. The Labute approximate surface area is 146 Å². The number of amides is 2. The van der Waals surface area contributed by atoms with Crippen LogP contribution >= 0.6 is 0 Å². The number of aromatic nitrogens is 1. The summed E-state index contributed by atoms with van der Waals surface area (Å²) >= 11 is 0. The van der Waals surface area contributed by atoms with Gasteiger partial charge >= 0.3 is 0 Å². The molecule has 0 saturated carbocycles. The predicted molar refractivity (Wildman–Crippen MR) is 92.6 cm³/mol. The summed E-state index contributed by atoms with van der Waals surface area (Å²) in [7, 11) is 0. The third-order valence-electron chi connectivity index (χ3n) is 4.86. The highest BCUT2D eigenvalue weighted by Crippen LogP contribution is 2.26. The van der Waals surface area contributed by atoms with Crippen LogP contribution in [-0.4, -0.2) is 59.4 Å². The summed E-state index contributed by atoms with van der Waals surface area (Å²) in [6.07, 6.45) is 3.06. The van der Waals surface area contributed by atoms with Crippen molar-refractivity contribution in [2.24, 2.45) is 0 Å². The first-order chi connectivity index (χ1) is 12.2. The Balaban J connectivity index is 1.33. The fourth-order valence-corrected chi connectivity index (χ4v) is 3.43. The number of carbonyl (C=O) groups excluding carboxylic acids is 2. The topological polar surface area (TPSA) is 65.6 Å². The summed E-state index contributed by atoms with van der Waals surface area (Å²) in [4.78, 5) is 31.5. The number of carbonyl (C=O) groups is 2. The molecule has 2 aliphatic rings. The second-order valence-corrected chi connectivity index (χ2v) is 6.47. The normalized spacial score (nSPS) is 16.5. The van der Waals surface area contributed by atoms with Gasteiger partial charge in [0, 0.05) is 38.8 Å². The number of hydrogen-bond acceptors (Lipinski definition) is 3. The van der Waals surface area contributed by atoms with E-state index in [1.165, 1.54) is 5.56 Å². The van der Waals surface area contributed by atoms with Gasteiger partial charge in [-0.2, -0.15) is 0 Å². The Hall–Kier alpha value is -2.76. The van der Waals surface area contributed by atoms with Gasteiger partial charge in [0.05, 0.1) is 13.0 Å². The zero-order valence-electron chi connectivity index (χ0n) is 14.0. The lowest BCUT2D eigenvalue weighted by atomic mass is 10.1. The molecule has 2 aromatic rings. The van der Waals surface area contributed by atoms with E-state index in [0.717, 1.165) is 24.3 Å². The van der Waals surface area contributed by atoms with Crippen LogP contribution in [0.1, 0.15) is 21.6 Å². The fraction of sp³-hybridized carbons (Fsp3) is 0.368. The summed E-state index contributed by atoms with van der Waals surface area (Å²) in [5, 5.41) is 0. The first kappa shape index (κ1) is 15.7. The van der Waals surface area contributed by atoms with Crippen molar-refractivity contribution in [3.63, 3.8) is 0 Å². The van der Waals surface area contributed by atoms with Gasteiger partial charge in [0.15, 0.2) is 0 Å². The molecule has 2 aliphatic heterocycles. The summed E-state index contributed by atoms with van der Waals surface area (Å²) in [5.74, 6) is 1.05. The summed E-state index contributed by atoms with van der Waals surface area (Å²) in [6, 6.07) is 9.59. The molecular weight excluding hydrogens is 318 g/mol. The van der Waals surface area contributed by atoms with Crippen LogP contribution in [0.15, 0.2) is 36.5 Å². The van der Waals surface area contributed by atoms with Crippen LogP contribution in [0.2, 0.25) is 0 Å². The van der Waals surface area contributed by atoms with Crippen molar-refractivity contribution in [1.29, 1.82) is 0 Å². The molecule has 1 saturated heterocycles. The number of benzene rings is 1. The van der Waals surface area contributed by atoms with E-state index in [0.29, 0.717) is 38.3 Å². The van der Waals surface area contributed by atoms with Crippen LogP contribution in [0.3, 0.4) is 0 Å². The standard InChI is InChI=1S/C19H21N3O3/c23-18(13-14-3-4-17-15(12-14)5-11-25-17)21-7-9-22(10-8-21)19(24)16-2-1-6-20-16/h1-4,6,12,20H,5,7-11,13H2. The van der Waals surface area contributed by atoms with Crippen molar-refractivity contribution in [3.05, 3.63) is 53.3 Å². The van der Waals surface area contributed by atoms with E-state index in [1.807, 2.05) is 23.1 Å². The number of H-pyrrole nitrogens is 1. The highest BCUT2D eigenvalue weighted by molar-refractivity contribution is 5.92. The second kappa shape index (κ2) is 6.63. The molecule has 4 rings (SSSR count). The molecular formula is C19H21N3O3. The minimum atomic E-state index is -0.00396. The molecule has 2 amide bonds. The number of piperazine rings is 1. The van der Waals surface area contributed by atoms with Crippen LogP contribution in [-0.2, 0) is 17.6 Å². The molecule has 1 aromatic heterocycles. The van der Waals surface area contributed by atoms with E-state index in [4.69, 9.17) is 4.74 Å². The van der Waals surface area contributed by atoms with E-state index in [2.05, 4.69) is 11.1 Å². The number of aromatic amines is 1. The molecule has 0 unspecified atom stereocenters. The molecule has 1 aromatic carbocycles. The average molecular weight is 339 g/mol. The Bertz CT molecular complexity index is 777. The fourth-order valence-electron chi connectivity index (χ4n) is 3.43. The molecule has 0 radical (unpaired) electrons. The molecule has 0 spiro atoms. The highest BCUT2D eigenvalue weighted by atomic mass is 16.5. The number of fused-ring (bicyclic) bond motifs is 1. The van der Waals surface area contributed by atoms with E-state index in [-0.39, 0.29) is 11.8 Å². The number of nitrogens with zero attached hydrogens (tertiary/aromatic N) is 2. The van der Waals surface area contributed by atoms with Gasteiger partial charge in [0.2, 0.25) is 5.91 Å². The molecule has 25 heavy (non-hydrogen) atoms. The largest absolute Gasteiger partial charge is 0.493 e. The van der Waals surface area contributed by atoms with Gasteiger partial charge in [-0.25, -0.2) is 0 Å². The summed E-state index contributed by atoms with van der Waals surface area (Å²) < 4.78 is 5.50. The van der Waals surface area contributed by atoms with Crippen molar-refractivity contribution < 1.29 is 14.3 Å². The van der Waals surface area contributed by atoms with Gasteiger partial charge in [0.25, 0.3) is 5.91 Å². The Morgan fingerprint density at radius 2 is 1.88 bits per heavy atom. The van der Waals surface area contributed by atoms with Gasteiger partial charge in [-0.05, 0) is 29.3 Å². The van der Waals surface area contributed by atoms with Gasteiger partial charge in [0.1, 0.15) is 11.4 Å². The minimum Gasteiger partial charge on any atom is -0.493 e. The third kappa shape index (κ3) is 3.24. The van der Waals surface area contributed by atoms with E-state index in [1.54, 1.807) is 17.2 Å². The van der Waals surface area contributed by atoms with Gasteiger partial charge < -0.3 is 19.5 Å². The zero-order chi connectivity index (χ0) is 17.2. The van der Waals surface area contributed by atoms with E-state index in [9.17, 15) is 9.59 Å². The molecule has 1 N–H and O–H groups in total. The zero-order valence-corrected chi connectivity index (χ0v) is 14.0. The molecule has 0 aliphatic carbocycles. The maximum atomic E-state index is 12.6. The lowest BCUT2D eigenvalue weighted by Gasteiger charge is -2.34. The molecule has 0 atom stereocenters. The summed E-state index contributed by atoms with van der Waals surface area (Å²) in [6.45, 7) is 3.03. The first-order valence-electron chi connectivity index (χ1n) is 8.66. The molecule has 0 bridgehead atoms. The number of rotatable bonds is 3. The van der Waals surface area contributed by atoms with Crippen molar-refractivity contribution in [2.45, 2.75) is 12.8 Å². The van der Waals surface area contributed by atoms with Crippen molar-refractivity contribution in [1.82, 2.24) is 14.8 Å². The van der Waals surface area contributed by atoms with E-state index < -0.39 is 0 Å². The quantitative estimate of drug-likeness (QED) is 0.921. The SMILES string of the molecule is O=C(Cc1ccc2c(c1)CCO2)N1CCN(C(=O)c2ccc[nH]2)CC1. The van der Waals surface area contributed by atoms with Gasteiger partial charge in [-0.15, -0.1) is 0 Å². The Morgan fingerprint density at radius 3 is 2.64 bits per heavy atom. The molecule has 6 heteroatoms. The summed E-state index contributed by atoms with van der Waals surface area (Å²) in [5.41, 5.74) is 2.81. The Kier molecular flexibility index (Phi) is 4.17. The molecule has 3 heterocycles. The Morgan fingerprint density at radius 1 is 1.08 bits per heavy atom. The van der Waals surface area contributed by atoms with Crippen LogP contribution in [0.25, 0.3) is 0 Å². The smallest absolute Gasteiger partial charge is 0.270 e. The molecule has 130 valence electrons. The van der Waals surface area contributed by atoms with E-state index >= 15 is 0 Å². The van der Waals surface area contributed by atoms with Crippen LogP contribution in [0, 0.1) is 0 Å². The lowest BCUT2D eigenvalue weighted by molar-refractivity contribution is -0.131.